The molecule has 1 rings (SSSR count). The molecule has 0 unspecified atom stereocenters. The molecule has 0 aromatic carbocycles. The highest BCUT2D eigenvalue weighted by atomic mass is 16.4. The van der Waals surface area contributed by atoms with Gasteiger partial charge in [0.15, 0.2) is 0 Å². The minimum absolute atomic E-state index is 0.314. The molecular weight excluding hydrogens is 178 g/mol. The lowest BCUT2D eigenvalue weighted by Crippen LogP contribution is -2.48. The van der Waals surface area contributed by atoms with Crippen molar-refractivity contribution in [3.63, 3.8) is 0 Å². The van der Waals surface area contributed by atoms with E-state index in [-0.39, 0.29) is 0 Å². The van der Waals surface area contributed by atoms with Gasteiger partial charge in [-0.15, -0.1) is 0 Å². The van der Waals surface area contributed by atoms with Crippen LogP contribution in [0.1, 0.15) is 38.5 Å². The Balaban J connectivity index is 2.29. The van der Waals surface area contributed by atoms with Gasteiger partial charge in [-0.05, 0) is 25.7 Å². The number of rotatable bonds is 5. The summed E-state index contributed by atoms with van der Waals surface area (Å²) in [5.41, 5.74) is 0. The molecular formula is C11H22NO2+. The van der Waals surface area contributed by atoms with Crippen molar-refractivity contribution in [2.45, 2.75) is 44.6 Å². The van der Waals surface area contributed by atoms with Gasteiger partial charge in [0.05, 0.1) is 33.1 Å². The van der Waals surface area contributed by atoms with Gasteiger partial charge in [-0.25, -0.2) is 0 Å². The van der Waals surface area contributed by atoms with Crippen molar-refractivity contribution >= 4 is 5.97 Å². The van der Waals surface area contributed by atoms with Crippen molar-refractivity contribution in [2.24, 2.45) is 0 Å². The van der Waals surface area contributed by atoms with E-state index in [0.29, 0.717) is 6.42 Å². The third-order valence-corrected chi connectivity index (χ3v) is 3.44. The predicted octanol–water partition coefficient (Wildman–Crippen LogP) is 1.87. The fourth-order valence-corrected chi connectivity index (χ4v) is 2.42. The van der Waals surface area contributed by atoms with Crippen LogP contribution in [-0.2, 0) is 4.79 Å². The van der Waals surface area contributed by atoms with E-state index in [4.69, 9.17) is 5.11 Å². The van der Waals surface area contributed by atoms with Gasteiger partial charge in [-0.2, -0.15) is 0 Å². The second-order valence-corrected chi connectivity index (χ2v) is 4.94. The number of carboxylic acids is 1. The van der Waals surface area contributed by atoms with Gasteiger partial charge in [-0.3, -0.25) is 4.79 Å². The Hall–Kier alpha value is -0.570. The van der Waals surface area contributed by atoms with Crippen LogP contribution in [0.15, 0.2) is 0 Å². The molecule has 1 aliphatic rings. The van der Waals surface area contributed by atoms with Crippen LogP contribution in [0.4, 0.5) is 0 Å². The largest absolute Gasteiger partial charge is 0.481 e. The monoisotopic (exact) mass is 200 g/mol. The second kappa shape index (κ2) is 4.78. The van der Waals surface area contributed by atoms with E-state index in [9.17, 15) is 4.79 Å². The van der Waals surface area contributed by atoms with Gasteiger partial charge in [-0.1, -0.05) is 0 Å². The lowest BCUT2D eigenvalue weighted by Gasteiger charge is -2.36. The Morgan fingerprint density at radius 1 is 1.36 bits per heavy atom. The first-order valence-corrected chi connectivity index (χ1v) is 5.57. The van der Waals surface area contributed by atoms with E-state index in [1.807, 2.05) is 0 Å². The number of quaternary nitrogens is 1. The third-order valence-electron chi connectivity index (χ3n) is 3.44. The average Bonchev–Trinajstić information content (AvgIpc) is 2.54. The van der Waals surface area contributed by atoms with Crippen LogP contribution in [-0.4, -0.2) is 42.2 Å². The summed E-state index contributed by atoms with van der Waals surface area (Å²) < 4.78 is 1.01. The molecule has 0 atom stereocenters. The highest BCUT2D eigenvalue weighted by molar-refractivity contribution is 5.66. The van der Waals surface area contributed by atoms with Gasteiger partial charge in [0.25, 0.3) is 0 Å². The molecule has 0 spiro atoms. The number of hydrogen-bond acceptors (Lipinski definition) is 1. The Kier molecular flexibility index (Phi) is 3.93. The molecule has 1 N–H and O–H groups in total. The van der Waals surface area contributed by atoms with Crippen molar-refractivity contribution < 1.29 is 14.4 Å². The second-order valence-electron chi connectivity index (χ2n) is 4.94. The molecule has 1 aliphatic carbocycles. The molecule has 3 nitrogen and oxygen atoms in total. The average molecular weight is 200 g/mol. The van der Waals surface area contributed by atoms with E-state index in [2.05, 4.69) is 14.1 Å². The van der Waals surface area contributed by atoms with E-state index in [1.54, 1.807) is 0 Å². The summed E-state index contributed by atoms with van der Waals surface area (Å²) in [4.78, 5) is 10.4. The Labute approximate surface area is 86.3 Å². The van der Waals surface area contributed by atoms with Crippen LogP contribution in [0.3, 0.4) is 0 Å². The molecule has 1 fully saturated rings. The molecule has 0 bridgehead atoms. The van der Waals surface area contributed by atoms with Gasteiger partial charge < -0.3 is 9.59 Å². The summed E-state index contributed by atoms with van der Waals surface area (Å²) in [5.74, 6) is -0.670. The first kappa shape index (κ1) is 11.5. The molecule has 1 saturated carbocycles. The Morgan fingerprint density at radius 2 is 1.93 bits per heavy atom. The zero-order chi connectivity index (χ0) is 10.6. The van der Waals surface area contributed by atoms with Crippen molar-refractivity contribution in [1.29, 1.82) is 0 Å². The van der Waals surface area contributed by atoms with Gasteiger partial charge in [0.2, 0.25) is 0 Å². The summed E-state index contributed by atoms with van der Waals surface area (Å²) in [6.07, 6.45) is 6.46. The fourth-order valence-electron chi connectivity index (χ4n) is 2.42. The summed E-state index contributed by atoms with van der Waals surface area (Å²) in [6.45, 7) is 0.997. The van der Waals surface area contributed by atoms with Gasteiger partial charge >= 0.3 is 5.97 Å². The molecule has 0 heterocycles. The standard InChI is InChI=1S/C11H21NO2/c1-12(2,9-5-8-11(13)14)10-6-3-4-7-10/h10H,3-9H2,1-2H3/p+1. The van der Waals surface area contributed by atoms with Crippen molar-refractivity contribution in [3.8, 4) is 0 Å². The smallest absolute Gasteiger partial charge is 0.303 e. The Bertz CT molecular complexity index is 195. The molecule has 0 aromatic heterocycles. The molecule has 0 amide bonds. The third kappa shape index (κ3) is 3.29. The number of carboxylic acid groups (broad SMARTS) is 1. The quantitative estimate of drug-likeness (QED) is 0.688. The Morgan fingerprint density at radius 3 is 2.43 bits per heavy atom. The maximum Gasteiger partial charge on any atom is 0.303 e. The van der Waals surface area contributed by atoms with Crippen LogP contribution in [0.25, 0.3) is 0 Å². The van der Waals surface area contributed by atoms with Crippen LogP contribution >= 0.6 is 0 Å². The molecule has 14 heavy (non-hydrogen) atoms. The first-order chi connectivity index (χ1) is 6.52. The number of hydrogen-bond donors (Lipinski definition) is 1. The molecule has 82 valence electrons. The number of nitrogens with zero attached hydrogens (tertiary/aromatic N) is 1. The van der Waals surface area contributed by atoms with Crippen LogP contribution in [0.5, 0.6) is 0 Å². The van der Waals surface area contributed by atoms with Crippen molar-refractivity contribution in [2.75, 3.05) is 20.6 Å². The minimum Gasteiger partial charge on any atom is -0.481 e. The van der Waals surface area contributed by atoms with E-state index >= 15 is 0 Å². The predicted molar refractivity (Wildman–Crippen MR) is 56.1 cm³/mol. The maximum absolute atomic E-state index is 10.4. The van der Waals surface area contributed by atoms with E-state index < -0.39 is 5.97 Å². The van der Waals surface area contributed by atoms with Crippen LogP contribution < -0.4 is 0 Å². The summed E-state index contributed by atoms with van der Waals surface area (Å²) >= 11 is 0. The van der Waals surface area contributed by atoms with Crippen molar-refractivity contribution in [3.05, 3.63) is 0 Å². The SMILES string of the molecule is C[N+](C)(CCCC(=O)O)C1CCCC1. The van der Waals surface area contributed by atoms with Crippen molar-refractivity contribution in [1.82, 2.24) is 0 Å². The van der Waals surface area contributed by atoms with Crippen LogP contribution in [0, 0.1) is 0 Å². The van der Waals surface area contributed by atoms with E-state index in [1.165, 1.54) is 25.7 Å². The molecule has 0 aliphatic heterocycles. The molecule has 0 radical (unpaired) electrons. The molecule has 3 heteroatoms. The number of aliphatic carboxylic acids is 1. The summed E-state index contributed by atoms with van der Waals surface area (Å²) in [7, 11) is 4.47. The highest BCUT2D eigenvalue weighted by Gasteiger charge is 2.30. The number of carbonyl (C=O) groups is 1. The minimum atomic E-state index is -0.670. The lowest BCUT2D eigenvalue weighted by molar-refractivity contribution is -0.914. The zero-order valence-electron chi connectivity index (χ0n) is 9.33. The first-order valence-electron chi connectivity index (χ1n) is 5.57. The molecule has 0 saturated heterocycles. The fraction of sp³-hybridized carbons (Fsp3) is 0.909. The normalized spacial score (nSPS) is 18.7. The molecule has 0 aromatic rings. The topological polar surface area (TPSA) is 37.3 Å². The lowest BCUT2D eigenvalue weighted by atomic mass is 10.1. The van der Waals surface area contributed by atoms with Gasteiger partial charge in [0, 0.05) is 6.42 Å². The van der Waals surface area contributed by atoms with Crippen LogP contribution in [0.2, 0.25) is 0 Å². The highest BCUT2D eigenvalue weighted by Crippen LogP contribution is 2.26. The zero-order valence-corrected chi connectivity index (χ0v) is 9.33. The maximum atomic E-state index is 10.4. The van der Waals surface area contributed by atoms with Gasteiger partial charge in [0.1, 0.15) is 0 Å². The summed E-state index contributed by atoms with van der Waals surface area (Å²) in [6, 6.07) is 0.767. The van der Waals surface area contributed by atoms with E-state index in [0.717, 1.165) is 23.5 Å². The summed E-state index contributed by atoms with van der Waals surface area (Å²) in [5, 5.41) is 8.57.